The lowest BCUT2D eigenvalue weighted by Gasteiger charge is -2.31. The molecule has 28 heavy (non-hydrogen) atoms. The number of anilines is 1. The molecule has 2 aliphatic heterocycles. The van der Waals surface area contributed by atoms with Gasteiger partial charge in [-0.2, -0.15) is 4.31 Å². The summed E-state index contributed by atoms with van der Waals surface area (Å²) < 4.78 is 27.6. The lowest BCUT2D eigenvalue weighted by molar-refractivity contribution is -0.117. The molecule has 0 aliphatic carbocycles. The minimum atomic E-state index is -3.48. The van der Waals surface area contributed by atoms with Crippen LogP contribution in [0.25, 0.3) is 0 Å². The van der Waals surface area contributed by atoms with Crippen LogP contribution in [0.3, 0.4) is 0 Å². The van der Waals surface area contributed by atoms with E-state index in [0.717, 1.165) is 31.4 Å². The average Bonchev–Trinajstić information content (AvgIpc) is 3.15. The van der Waals surface area contributed by atoms with Gasteiger partial charge in [-0.3, -0.25) is 4.79 Å². The number of carbonyl (C=O) groups is 1. The van der Waals surface area contributed by atoms with Gasteiger partial charge in [-0.25, -0.2) is 8.42 Å². The third-order valence-corrected chi connectivity index (χ3v) is 7.71. The molecule has 0 radical (unpaired) electrons. The summed E-state index contributed by atoms with van der Waals surface area (Å²) in [5, 5.41) is 0. The molecule has 0 saturated carbocycles. The first-order chi connectivity index (χ1) is 13.5. The summed E-state index contributed by atoms with van der Waals surface area (Å²) in [5.41, 5.74) is 2.10. The van der Waals surface area contributed by atoms with Crippen LogP contribution in [0.2, 0.25) is 0 Å². The first-order valence-electron chi connectivity index (χ1n) is 9.98. The molecule has 6 heteroatoms. The molecule has 4 rings (SSSR count). The lowest BCUT2D eigenvalue weighted by Crippen LogP contribution is -2.38. The number of rotatable bonds is 5. The van der Waals surface area contributed by atoms with Crippen LogP contribution in [0.5, 0.6) is 0 Å². The summed E-state index contributed by atoms with van der Waals surface area (Å²) in [6.45, 7) is 1.83. The second kappa shape index (κ2) is 8.05. The fraction of sp³-hybridized carbons (Fsp3) is 0.409. The van der Waals surface area contributed by atoms with Crippen molar-refractivity contribution in [2.75, 3.05) is 24.5 Å². The van der Waals surface area contributed by atoms with Gasteiger partial charge in [-0.1, -0.05) is 30.3 Å². The van der Waals surface area contributed by atoms with E-state index in [1.54, 1.807) is 33.5 Å². The van der Waals surface area contributed by atoms with Crippen molar-refractivity contribution in [1.82, 2.24) is 4.31 Å². The maximum atomic E-state index is 13.0. The molecule has 2 aliphatic rings. The molecule has 2 saturated heterocycles. The summed E-state index contributed by atoms with van der Waals surface area (Å²) in [5.74, 6) is 0.633. The normalized spacial score (nSPS) is 19.3. The van der Waals surface area contributed by atoms with Crippen LogP contribution in [0, 0.1) is 5.92 Å². The molecule has 0 spiro atoms. The molecule has 2 aromatic carbocycles. The highest BCUT2D eigenvalue weighted by Crippen LogP contribution is 2.28. The fourth-order valence-corrected chi connectivity index (χ4v) is 5.64. The van der Waals surface area contributed by atoms with Gasteiger partial charge in [0.25, 0.3) is 0 Å². The molecule has 1 amide bonds. The Kier molecular flexibility index (Phi) is 5.51. The van der Waals surface area contributed by atoms with Crippen molar-refractivity contribution in [3.63, 3.8) is 0 Å². The number of hydrogen-bond donors (Lipinski definition) is 0. The van der Waals surface area contributed by atoms with Crippen LogP contribution in [0.15, 0.2) is 59.5 Å². The van der Waals surface area contributed by atoms with Gasteiger partial charge in [0, 0.05) is 31.7 Å². The lowest BCUT2D eigenvalue weighted by atomic mass is 9.91. The molecule has 2 heterocycles. The van der Waals surface area contributed by atoms with Gasteiger partial charge in [0.05, 0.1) is 4.90 Å². The third kappa shape index (κ3) is 3.98. The maximum Gasteiger partial charge on any atom is 0.243 e. The third-order valence-electron chi connectivity index (χ3n) is 5.80. The van der Waals surface area contributed by atoms with Crippen molar-refractivity contribution in [3.8, 4) is 0 Å². The van der Waals surface area contributed by atoms with Crippen molar-refractivity contribution < 1.29 is 13.2 Å². The van der Waals surface area contributed by atoms with E-state index in [1.807, 2.05) is 18.2 Å². The van der Waals surface area contributed by atoms with Gasteiger partial charge in [0.1, 0.15) is 0 Å². The van der Waals surface area contributed by atoms with Gasteiger partial charge in [0.2, 0.25) is 15.9 Å². The van der Waals surface area contributed by atoms with E-state index in [0.29, 0.717) is 36.9 Å². The van der Waals surface area contributed by atoms with Gasteiger partial charge in [0.15, 0.2) is 0 Å². The molecule has 0 atom stereocenters. The SMILES string of the molecule is O=C1CCCN1c1ccc(S(=O)(=O)N2CCC(Cc3ccccc3)CC2)cc1. The predicted molar refractivity (Wildman–Crippen MR) is 110 cm³/mol. The van der Waals surface area contributed by atoms with E-state index in [9.17, 15) is 13.2 Å². The van der Waals surface area contributed by atoms with Gasteiger partial charge in [-0.05, 0) is 61.4 Å². The van der Waals surface area contributed by atoms with Crippen molar-refractivity contribution in [1.29, 1.82) is 0 Å². The van der Waals surface area contributed by atoms with Gasteiger partial charge < -0.3 is 4.90 Å². The molecule has 5 nitrogen and oxygen atoms in total. The van der Waals surface area contributed by atoms with Crippen LogP contribution in [-0.2, 0) is 21.2 Å². The monoisotopic (exact) mass is 398 g/mol. The van der Waals surface area contributed by atoms with E-state index < -0.39 is 10.0 Å². The zero-order valence-electron chi connectivity index (χ0n) is 16.0. The number of nitrogens with zero attached hydrogens (tertiary/aromatic N) is 2. The van der Waals surface area contributed by atoms with E-state index in [4.69, 9.17) is 0 Å². The van der Waals surface area contributed by atoms with E-state index in [1.165, 1.54) is 5.56 Å². The van der Waals surface area contributed by atoms with Crippen molar-refractivity contribution >= 4 is 21.6 Å². The number of amides is 1. The molecule has 148 valence electrons. The Labute approximate surface area is 167 Å². The molecule has 0 N–H and O–H groups in total. The second-order valence-electron chi connectivity index (χ2n) is 7.68. The summed E-state index contributed by atoms with van der Waals surface area (Å²) in [4.78, 5) is 13.9. The number of benzene rings is 2. The van der Waals surface area contributed by atoms with Crippen LogP contribution in [0.1, 0.15) is 31.2 Å². The highest BCUT2D eigenvalue weighted by atomic mass is 32.2. The Balaban J connectivity index is 1.39. The predicted octanol–water partition coefficient (Wildman–Crippen LogP) is 3.46. The summed E-state index contributed by atoms with van der Waals surface area (Å²) in [7, 11) is -3.48. The second-order valence-corrected chi connectivity index (χ2v) is 9.62. The van der Waals surface area contributed by atoms with Crippen LogP contribution >= 0.6 is 0 Å². The van der Waals surface area contributed by atoms with Crippen LogP contribution in [-0.4, -0.2) is 38.3 Å². The molecule has 0 unspecified atom stereocenters. The highest BCUT2D eigenvalue weighted by Gasteiger charge is 2.30. The first-order valence-corrected chi connectivity index (χ1v) is 11.4. The molecule has 0 bridgehead atoms. The zero-order valence-corrected chi connectivity index (χ0v) is 16.8. The highest BCUT2D eigenvalue weighted by molar-refractivity contribution is 7.89. The van der Waals surface area contributed by atoms with Crippen molar-refractivity contribution in [3.05, 3.63) is 60.2 Å². The molecule has 2 fully saturated rings. The van der Waals surface area contributed by atoms with Crippen molar-refractivity contribution in [2.45, 2.75) is 37.0 Å². The number of carbonyl (C=O) groups excluding carboxylic acids is 1. The zero-order chi connectivity index (χ0) is 19.6. The standard InChI is InChI=1S/C22H26N2O3S/c25-22-7-4-14-24(22)20-8-10-21(11-9-20)28(26,27)23-15-12-19(13-16-23)17-18-5-2-1-3-6-18/h1-3,5-6,8-11,19H,4,7,12-17H2. The number of hydrogen-bond acceptors (Lipinski definition) is 3. The van der Waals surface area contributed by atoms with Crippen LogP contribution < -0.4 is 4.90 Å². The maximum absolute atomic E-state index is 13.0. The Morgan fingerprint density at radius 1 is 0.893 bits per heavy atom. The number of piperidine rings is 1. The molecular formula is C22H26N2O3S. The molecule has 2 aromatic rings. The van der Waals surface area contributed by atoms with Gasteiger partial charge >= 0.3 is 0 Å². The summed E-state index contributed by atoms with van der Waals surface area (Å²) in [6.07, 6.45) is 4.20. The minimum absolute atomic E-state index is 0.107. The quantitative estimate of drug-likeness (QED) is 0.775. The summed E-state index contributed by atoms with van der Waals surface area (Å²) >= 11 is 0. The average molecular weight is 399 g/mol. The molecular weight excluding hydrogens is 372 g/mol. The minimum Gasteiger partial charge on any atom is -0.312 e. The first kappa shape index (κ1) is 19.2. The fourth-order valence-electron chi connectivity index (χ4n) is 4.17. The Morgan fingerprint density at radius 2 is 1.57 bits per heavy atom. The van der Waals surface area contributed by atoms with E-state index >= 15 is 0 Å². The van der Waals surface area contributed by atoms with Crippen LogP contribution in [0.4, 0.5) is 5.69 Å². The topological polar surface area (TPSA) is 57.7 Å². The van der Waals surface area contributed by atoms with E-state index in [-0.39, 0.29) is 5.91 Å². The van der Waals surface area contributed by atoms with Gasteiger partial charge in [-0.15, -0.1) is 0 Å². The Morgan fingerprint density at radius 3 is 2.18 bits per heavy atom. The smallest absolute Gasteiger partial charge is 0.243 e. The van der Waals surface area contributed by atoms with Crippen molar-refractivity contribution in [2.24, 2.45) is 5.92 Å². The largest absolute Gasteiger partial charge is 0.312 e. The van der Waals surface area contributed by atoms with E-state index in [2.05, 4.69) is 12.1 Å². The Hall–Kier alpha value is -2.18. The summed E-state index contributed by atoms with van der Waals surface area (Å²) in [6, 6.07) is 17.1. The number of sulfonamides is 1. The Bertz CT molecular complexity index is 918. The molecule has 0 aromatic heterocycles.